The lowest BCUT2D eigenvalue weighted by Crippen LogP contribution is -2.47. The number of hydrogen-bond acceptors (Lipinski definition) is 4. The van der Waals surface area contributed by atoms with Gasteiger partial charge in [-0.2, -0.15) is 5.26 Å². The van der Waals surface area contributed by atoms with E-state index < -0.39 is 0 Å². The molecular formula is C22H26N4O. The van der Waals surface area contributed by atoms with Crippen molar-refractivity contribution in [2.24, 2.45) is 0 Å². The van der Waals surface area contributed by atoms with Gasteiger partial charge in [0.2, 0.25) is 0 Å². The van der Waals surface area contributed by atoms with Crippen LogP contribution in [-0.4, -0.2) is 50.1 Å². The molecule has 5 heteroatoms. The van der Waals surface area contributed by atoms with Gasteiger partial charge in [-0.05, 0) is 55.8 Å². The van der Waals surface area contributed by atoms with Gasteiger partial charge in [0.05, 0.1) is 11.6 Å². The maximum absolute atomic E-state index is 12.2. The van der Waals surface area contributed by atoms with Crippen LogP contribution >= 0.6 is 0 Å². The molecule has 0 radical (unpaired) electrons. The van der Waals surface area contributed by atoms with Crippen molar-refractivity contribution in [3.63, 3.8) is 0 Å². The van der Waals surface area contributed by atoms with Crippen LogP contribution in [0, 0.1) is 18.3 Å². The summed E-state index contributed by atoms with van der Waals surface area (Å²) in [6.07, 6.45) is 0.925. The van der Waals surface area contributed by atoms with Crippen molar-refractivity contribution in [3.05, 3.63) is 65.2 Å². The Labute approximate surface area is 161 Å². The van der Waals surface area contributed by atoms with Gasteiger partial charge >= 0.3 is 0 Å². The number of carbonyl (C=O) groups is 1. The molecule has 0 spiro atoms. The first kappa shape index (κ1) is 18.9. The molecule has 1 heterocycles. The monoisotopic (exact) mass is 362 g/mol. The lowest BCUT2D eigenvalue weighted by atomic mass is 10.1. The van der Waals surface area contributed by atoms with E-state index in [1.54, 1.807) is 24.3 Å². The maximum Gasteiger partial charge on any atom is 0.251 e. The number of nitrogens with one attached hydrogen (secondary N) is 1. The molecule has 0 aromatic heterocycles. The van der Waals surface area contributed by atoms with Crippen LogP contribution in [0.1, 0.15) is 27.9 Å². The van der Waals surface area contributed by atoms with E-state index in [1.807, 2.05) is 0 Å². The summed E-state index contributed by atoms with van der Waals surface area (Å²) >= 11 is 0. The van der Waals surface area contributed by atoms with Gasteiger partial charge in [0.1, 0.15) is 0 Å². The lowest BCUT2D eigenvalue weighted by molar-refractivity contribution is 0.0951. The highest BCUT2D eigenvalue weighted by molar-refractivity contribution is 5.94. The minimum atomic E-state index is -0.114. The van der Waals surface area contributed by atoms with Crippen LogP contribution in [0.4, 0.5) is 5.69 Å². The van der Waals surface area contributed by atoms with Crippen LogP contribution < -0.4 is 10.2 Å². The van der Waals surface area contributed by atoms with Crippen LogP contribution in [0.3, 0.4) is 0 Å². The van der Waals surface area contributed by atoms with Crippen LogP contribution in [0.25, 0.3) is 0 Å². The number of carbonyl (C=O) groups excluding carboxylic acids is 1. The molecule has 0 atom stereocenters. The van der Waals surface area contributed by atoms with Gasteiger partial charge in [0.15, 0.2) is 0 Å². The summed E-state index contributed by atoms with van der Waals surface area (Å²) in [6, 6.07) is 17.5. The van der Waals surface area contributed by atoms with Gasteiger partial charge < -0.3 is 10.2 Å². The zero-order valence-electron chi connectivity index (χ0n) is 15.8. The summed E-state index contributed by atoms with van der Waals surface area (Å²) in [5.41, 5.74) is 3.66. The van der Waals surface area contributed by atoms with Crippen molar-refractivity contribution in [3.8, 4) is 6.07 Å². The third-order valence-electron chi connectivity index (χ3n) is 4.93. The summed E-state index contributed by atoms with van der Waals surface area (Å²) in [4.78, 5) is 17.0. The average molecular weight is 362 g/mol. The quantitative estimate of drug-likeness (QED) is 0.803. The van der Waals surface area contributed by atoms with Gasteiger partial charge in [-0.1, -0.05) is 18.2 Å². The Balaban J connectivity index is 1.37. The van der Waals surface area contributed by atoms with E-state index in [0.717, 1.165) is 39.1 Å². The van der Waals surface area contributed by atoms with Crippen LogP contribution in [-0.2, 0) is 0 Å². The second kappa shape index (κ2) is 9.20. The van der Waals surface area contributed by atoms with E-state index in [-0.39, 0.29) is 5.91 Å². The first-order valence-electron chi connectivity index (χ1n) is 9.48. The molecule has 140 valence electrons. The Morgan fingerprint density at radius 2 is 1.89 bits per heavy atom. The zero-order valence-corrected chi connectivity index (χ0v) is 15.8. The fraction of sp³-hybridized carbons (Fsp3) is 0.364. The Morgan fingerprint density at radius 1 is 1.11 bits per heavy atom. The summed E-state index contributed by atoms with van der Waals surface area (Å²) in [5.74, 6) is -0.114. The van der Waals surface area contributed by atoms with Crippen LogP contribution in [0.5, 0.6) is 0 Å². The van der Waals surface area contributed by atoms with E-state index >= 15 is 0 Å². The molecule has 1 aliphatic rings. The Bertz CT molecular complexity index is 819. The molecule has 0 aliphatic carbocycles. The molecule has 27 heavy (non-hydrogen) atoms. The molecule has 0 bridgehead atoms. The highest BCUT2D eigenvalue weighted by Crippen LogP contribution is 2.17. The van der Waals surface area contributed by atoms with Crippen molar-refractivity contribution in [1.29, 1.82) is 5.26 Å². The molecule has 5 nitrogen and oxygen atoms in total. The second-order valence-electron chi connectivity index (χ2n) is 6.97. The summed E-state index contributed by atoms with van der Waals surface area (Å²) < 4.78 is 0. The Kier molecular flexibility index (Phi) is 6.45. The largest absolute Gasteiger partial charge is 0.369 e. The second-order valence-corrected chi connectivity index (χ2v) is 6.97. The number of hydrogen-bond donors (Lipinski definition) is 1. The molecular weight excluding hydrogens is 336 g/mol. The molecule has 2 aromatic carbocycles. The minimum Gasteiger partial charge on any atom is -0.369 e. The van der Waals surface area contributed by atoms with Gasteiger partial charge in [0, 0.05) is 44.0 Å². The summed E-state index contributed by atoms with van der Waals surface area (Å²) in [5, 5.41) is 11.9. The molecule has 1 N–H and O–H groups in total. The molecule has 1 saturated heterocycles. The van der Waals surface area contributed by atoms with Gasteiger partial charge in [-0.25, -0.2) is 0 Å². The molecule has 1 aliphatic heterocycles. The molecule has 1 fully saturated rings. The van der Waals surface area contributed by atoms with Crippen molar-refractivity contribution in [2.75, 3.05) is 44.2 Å². The number of nitrogens with zero attached hydrogens (tertiary/aromatic N) is 3. The molecule has 0 saturated carbocycles. The normalized spacial score (nSPS) is 14.6. The molecule has 2 aromatic rings. The third-order valence-corrected chi connectivity index (χ3v) is 4.93. The molecule has 1 amide bonds. The Morgan fingerprint density at radius 3 is 2.63 bits per heavy atom. The molecule has 0 unspecified atom stereocenters. The average Bonchev–Trinajstić information content (AvgIpc) is 2.71. The van der Waals surface area contributed by atoms with Gasteiger partial charge in [0.25, 0.3) is 5.91 Å². The maximum atomic E-state index is 12.2. The van der Waals surface area contributed by atoms with E-state index in [9.17, 15) is 4.79 Å². The van der Waals surface area contributed by atoms with E-state index in [1.165, 1.54) is 11.3 Å². The number of amides is 1. The Hall–Kier alpha value is -2.84. The predicted octanol–water partition coefficient (Wildman–Crippen LogP) is 2.81. The minimum absolute atomic E-state index is 0.114. The number of anilines is 1. The SMILES string of the molecule is Cc1cccc(N2CCN(CCCNC(=O)c3cccc(C#N)c3)CC2)c1. The topological polar surface area (TPSA) is 59.4 Å². The van der Waals surface area contributed by atoms with E-state index in [0.29, 0.717) is 17.7 Å². The highest BCUT2D eigenvalue weighted by Gasteiger charge is 2.16. The van der Waals surface area contributed by atoms with E-state index in [2.05, 4.69) is 52.4 Å². The third kappa shape index (κ3) is 5.32. The van der Waals surface area contributed by atoms with Gasteiger partial charge in [-0.15, -0.1) is 0 Å². The zero-order chi connectivity index (χ0) is 19.1. The fourth-order valence-electron chi connectivity index (χ4n) is 3.39. The summed E-state index contributed by atoms with van der Waals surface area (Å²) in [7, 11) is 0. The van der Waals surface area contributed by atoms with Gasteiger partial charge in [-0.3, -0.25) is 9.69 Å². The van der Waals surface area contributed by atoms with Crippen LogP contribution in [0.15, 0.2) is 48.5 Å². The fourth-order valence-corrected chi connectivity index (χ4v) is 3.39. The number of aryl methyl sites for hydroxylation is 1. The summed E-state index contributed by atoms with van der Waals surface area (Å²) in [6.45, 7) is 7.93. The number of rotatable bonds is 6. The number of piperazine rings is 1. The van der Waals surface area contributed by atoms with Crippen molar-refractivity contribution < 1.29 is 4.79 Å². The van der Waals surface area contributed by atoms with Crippen LogP contribution in [0.2, 0.25) is 0 Å². The standard InChI is InChI=1S/C22H26N4O/c1-18-5-2-8-21(15-18)26-13-11-25(12-14-26)10-4-9-24-22(27)20-7-3-6-19(16-20)17-23/h2-3,5-8,15-16H,4,9-14H2,1H3,(H,24,27). The molecule has 3 rings (SSSR count). The van der Waals surface area contributed by atoms with E-state index in [4.69, 9.17) is 5.26 Å². The van der Waals surface area contributed by atoms with Crippen molar-refractivity contribution in [2.45, 2.75) is 13.3 Å². The number of nitriles is 1. The number of benzene rings is 2. The van der Waals surface area contributed by atoms with Crippen molar-refractivity contribution in [1.82, 2.24) is 10.2 Å². The first-order chi connectivity index (χ1) is 13.2. The first-order valence-corrected chi connectivity index (χ1v) is 9.48. The van der Waals surface area contributed by atoms with Crippen molar-refractivity contribution >= 4 is 11.6 Å². The smallest absolute Gasteiger partial charge is 0.251 e. The predicted molar refractivity (Wildman–Crippen MR) is 108 cm³/mol. The highest BCUT2D eigenvalue weighted by atomic mass is 16.1. The lowest BCUT2D eigenvalue weighted by Gasteiger charge is -2.36.